The number of nitrogens with one attached hydrogen (secondary N) is 3. The van der Waals surface area contributed by atoms with Gasteiger partial charge in [0.05, 0.1) is 12.5 Å². The van der Waals surface area contributed by atoms with Crippen molar-refractivity contribution >= 4 is 54.1 Å². The van der Waals surface area contributed by atoms with E-state index in [4.69, 9.17) is 15.9 Å². The summed E-state index contributed by atoms with van der Waals surface area (Å²) in [6.07, 6.45) is 1.28. The molecule has 4 unspecified atom stereocenters. The quantitative estimate of drug-likeness (QED) is 0.160. The lowest BCUT2D eigenvalue weighted by molar-refractivity contribution is -0.147. The summed E-state index contributed by atoms with van der Waals surface area (Å²) in [6.45, 7) is 1.46. The first kappa shape index (κ1) is 26.0. The van der Waals surface area contributed by atoms with Gasteiger partial charge < -0.3 is 31.9 Å². The molecular formula is C15H26N4O7S2. The van der Waals surface area contributed by atoms with E-state index < -0.39 is 60.2 Å². The van der Waals surface area contributed by atoms with E-state index in [2.05, 4.69) is 28.6 Å². The molecule has 0 aromatic rings. The van der Waals surface area contributed by atoms with Crippen molar-refractivity contribution in [1.29, 1.82) is 0 Å². The molecule has 0 aromatic carbocycles. The lowest BCUT2D eigenvalue weighted by Crippen LogP contribution is -2.57. The molecule has 3 amide bonds. The summed E-state index contributed by atoms with van der Waals surface area (Å²) < 4.78 is 0. The summed E-state index contributed by atoms with van der Waals surface area (Å²) in [5, 5.41) is 24.6. The Morgan fingerprint density at radius 3 is 1.89 bits per heavy atom. The average molecular weight is 439 g/mol. The van der Waals surface area contributed by atoms with Crippen LogP contribution < -0.4 is 21.7 Å². The second-order valence-corrected chi connectivity index (χ2v) is 7.22. The number of amides is 3. The largest absolute Gasteiger partial charge is 0.481 e. The van der Waals surface area contributed by atoms with Gasteiger partial charge >= 0.3 is 11.9 Å². The van der Waals surface area contributed by atoms with Crippen molar-refractivity contribution < 1.29 is 34.2 Å². The van der Waals surface area contributed by atoms with E-state index in [0.717, 1.165) is 0 Å². The van der Waals surface area contributed by atoms with Crippen molar-refractivity contribution in [1.82, 2.24) is 16.0 Å². The molecule has 0 fully saturated rings. The molecule has 160 valence electrons. The zero-order chi connectivity index (χ0) is 21.9. The number of carbonyl (C=O) groups is 5. The zero-order valence-corrected chi connectivity index (χ0v) is 17.2. The number of carbonyl (C=O) groups excluding carboxylic acids is 3. The molecule has 0 spiro atoms. The van der Waals surface area contributed by atoms with Gasteiger partial charge in [0.2, 0.25) is 17.7 Å². The van der Waals surface area contributed by atoms with Gasteiger partial charge in [0, 0.05) is 5.75 Å². The molecule has 28 heavy (non-hydrogen) atoms. The lowest BCUT2D eigenvalue weighted by atomic mass is 10.1. The normalized spacial score (nSPS) is 14.9. The third-order valence-electron chi connectivity index (χ3n) is 3.47. The molecule has 0 rings (SSSR count). The molecule has 0 aromatic heterocycles. The predicted molar refractivity (Wildman–Crippen MR) is 106 cm³/mol. The summed E-state index contributed by atoms with van der Waals surface area (Å²) >= 11 is 5.42. The van der Waals surface area contributed by atoms with E-state index in [1.807, 2.05) is 6.26 Å². The number of carboxylic acid groups (broad SMARTS) is 2. The maximum absolute atomic E-state index is 12.5. The van der Waals surface area contributed by atoms with Crippen molar-refractivity contribution in [3.63, 3.8) is 0 Å². The molecule has 0 radical (unpaired) electrons. The number of hydrogen-bond donors (Lipinski definition) is 7. The Morgan fingerprint density at radius 1 is 0.964 bits per heavy atom. The average Bonchev–Trinajstić information content (AvgIpc) is 2.61. The third-order valence-corrected chi connectivity index (χ3v) is 4.48. The molecule has 11 nitrogen and oxygen atoms in total. The van der Waals surface area contributed by atoms with Crippen LogP contribution in [0.2, 0.25) is 0 Å². The van der Waals surface area contributed by atoms with E-state index in [-0.39, 0.29) is 12.2 Å². The third kappa shape index (κ3) is 9.80. The lowest BCUT2D eigenvalue weighted by Gasteiger charge is -2.23. The standard InChI is InChI=1S/C15H26N4O7S2/c1-7(16)12(22)17-8(3-4-28-2)13(23)19-10(6-27)14(24)18-9(15(25)26)5-11(20)21/h7-10,27H,3-6,16H2,1-2H3,(H,17,22)(H,18,24)(H,19,23)(H,20,21)(H,25,26). The second kappa shape index (κ2) is 13.2. The minimum Gasteiger partial charge on any atom is -0.481 e. The highest BCUT2D eigenvalue weighted by Gasteiger charge is 2.30. The fourth-order valence-corrected chi connectivity index (χ4v) is 2.65. The number of nitrogens with two attached hydrogens (primary N) is 1. The van der Waals surface area contributed by atoms with Crippen LogP contribution in [-0.4, -0.2) is 81.8 Å². The Labute approximate surface area is 172 Å². The van der Waals surface area contributed by atoms with Gasteiger partial charge in [0.1, 0.15) is 18.1 Å². The molecule has 0 heterocycles. The predicted octanol–water partition coefficient (Wildman–Crippen LogP) is -1.97. The van der Waals surface area contributed by atoms with Gasteiger partial charge in [-0.25, -0.2) is 4.79 Å². The Balaban J connectivity index is 5.11. The zero-order valence-electron chi connectivity index (χ0n) is 15.5. The summed E-state index contributed by atoms with van der Waals surface area (Å²) in [5.41, 5.74) is 5.48. The van der Waals surface area contributed by atoms with E-state index in [1.165, 1.54) is 18.7 Å². The first-order chi connectivity index (χ1) is 13.0. The summed E-state index contributed by atoms with van der Waals surface area (Å²) in [4.78, 5) is 58.3. The van der Waals surface area contributed by atoms with Crippen LogP contribution >= 0.6 is 24.4 Å². The van der Waals surface area contributed by atoms with E-state index >= 15 is 0 Å². The number of aliphatic carboxylic acids is 2. The SMILES string of the molecule is CSCCC(NC(=O)C(C)N)C(=O)NC(CS)C(=O)NC(CC(=O)O)C(=O)O. The topological polar surface area (TPSA) is 188 Å². The highest BCUT2D eigenvalue weighted by molar-refractivity contribution is 7.98. The van der Waals surface area contributed by atoms with Crippen molar-refractivity contribution in [2.24, 2.45) is 5.73 Å². The number of hydrogen-bond acceptors (Lipinski definition) is 8. The first-order valence-corrected chi connectivity index (χ1v) is 10.3. The molecule has 0 aliphatic heterocycles. The number of thiol groups is 1. The van der Waals surface area contributed by atoms with Crippen LogP contribution in [0.25, 0.3) is 0 Å². The van der Waals surface area contributed by atoms with Crippen LogP contribution in [-0.2, 0) is 24.0 Å². The van der Waals surface area contributed by atoms with E-state index in [1.54, 1.807) is 0 Å². The number of thioether (sulfide) groups is 1. The van der Waals surface area contributed by atoms with E-state index in [9.17, 15) is 24.0 Å². The minimum absolute atomic E-state index is 0.173. The van der Waals surface area contributed by atoms with Crippen molar-refractivity contribution in [2.75, 3.05) is 17.8 Å². The molecule has 0 bridgehead atoms. The van der Waals surface area contributed by atoms with Gasteiger partial charge in [0.25, 0.3) is 0 Å². The van der Waals surface area contributed by atoms with Crippen LogP contribution in [0.1, 0.15) is 19.8 Å². The fourth-order valence-electron chi connectivity index (χ4n) is 1.92. The molecule has 0 aliphatic carbocycles. The molecule has 0 aliphatic rings. The summed E-state index contributed by atoms with van der Waals surface area (Å²) in [6, 6.07) is -4.67. The molecule has 13 heteroatoms. The number of rotatable bonds is 13. The van der Waals surface area contributed by atoms with Gasteiger partial charge in [0.15, 0.2) is 0 Å². The van der Waals surface area contributed by atoms with E-state index in [0.29, 0.717) is 5.75 Å². The maximum atomic E-state index is 12.5. The van der Waals surface area contributed by atoms with Crippen molar-refractivity contribution in [2.45, 2.75) is 43.9 Å². The molecular weight excluding hydrogens is 412 g/mol. The summed E-state index contributed by atoms with van der Waals surface area (Å²) in [7, 11) is 0. The Bertz CT molecular complexity index is 589. The molecule has 0 saturated carbocycles. The van der Waals surface area contributed by atoms with Crippen molar-refractivity contribution in [3.05, 3.63) is 0 Å². The minimum atomic E-state index is -1.66. The Morgan fingerprint density at radius 2 is 1.46 bits per heavy atom. The van der Waals surface area contributed by atoms with Crippen LogP contribution in [0.3, 0.4) is 0 Å². The molecule has 7 N–H and O–H groups in total. The molecule has 0 saturated heterocycles. The first-order valence-electron chi connectivity index (χ1n) is 8.24. The Hall–Kier alpha value is -1.99. The Kier molecular flexibility index (Phi) is 12.3. The van der Waals surface area contributed by atoms with Crippen LogP contribution in [0.4, 0.5) is 0 Å². The fraction of sp³-hybridized carbons (Fsp3) is 0.667. The van der Waals surface area contributed by atoms with Gasteiger partial charge in [-0.1, -0.05) is 0 Å². The summed E-state index contributed by atoms with van der Waals surface area (Å²) in [5.74, 6) is -4.67. The maximum Gasteiger partial charge on any atom is 0.326 e. The number of carboxylic acids is 2. The van der Waals surface area contributed by atoms with Gasteiger partial charge in [-0.2, -0.15) is 24.4 Å². The van der Waals surface area contributed by atoms with Crippen LogP contribution in [0.5, 0.6) is 0 Å². The van der Waals surface area contributed by atoms with Crippen LogP contribution in [0, 0.1) is 0 Å². The van der Waals surface area contributed by atoms with Gasteiger partial charge in [-0.05, 0) is 25.4 Å². The molecule has 4 atom stereocenters. The van der Waals surface area contributed by atoms with Gasteiger partial charge in [-0.3, -0.25) is 19.2 Å². The highest BCUT2D eigenvalue weighted by atomic mass is 32.2. The monoisotopic (exact) mass is 438 g/mol. The second-order valence-electron chi connectivity index (χ2n) is 5.87. The smallest absolute Gasteiger partial charge is 0.326 e. The van der Waals surface area contributed by atoms with Gasteiger partial charge in [-0.15, -0.1) is 0 Å². The highest BCUT2D eigenvalue weighted by Crippen LogP contribution is 2.03. The van der Waals surface area contributed by atoms with Crippen molar-refractivity contribution in [3.8, 4) is 0 Å². The van der Waals surface area contributed by atoms with Crippen LogP contribution in [0.15, 0.2) is 0 Å².